The standard InChI is InChI=1S/C19H20ClN3O3/c1-3-10-21-19(25)14-6-4-5-7-16(14)22-12-18(24)23-13-8-9-17(26-2)15(20)11-13/h3-9,11,22H,1,10,12H2,2H3,(H,21,25)(H,23,24). The molecule has 6 nitrogen and oxygen atoms in total. The third-order valence-electron chi connectivity index (χ3n) is 3.45. The number of ether oxygens (including phenoxy) is 1. The molecule has 0 aliphatic carbocycles. The molecular weight excluding hydrogens is 354 g/mol. The molecule has 26 heavy (non-hydrogen) atoms. The van der Waals surface area contributed by atoms with Gasteiger partial charge < -0.3 is 20.7 Å². The van der Waals surface area contributed by atoms with E-state index >= 15 is 0 Å². The van der Waals surface area contributed by atoms with E-state index in [9.17, 15) is 9.59 Å². The summed E-state index contributed by atoms with van der Waals surface area (Å²) >= 11 is 6.04. The number of methoxy groups -OCH3 is 1. The second kappa shape index (κ2) is 9.48. The average molecular weight is 374 g/mol. The number of para-hydroxylation sites is 1. The van der Waals surface area contributed by atoms with Crippen molar-refractivity contribution in [3.63, 3.8) is 0 Å². The molecule has 0 fully saturated rings. The molecule has 2 amide bonds. The second-order valence-electron chi connectivity index (χ2n) is 5.30. The van der Waals surface area contributed by atoms with Crippen LogP contribution in [0.2, 0.25) is 5.02 Å². The van der Waals surface area contributed by atoms with Crippen molar-refractivity contribution in [2.75, 3.05) is 30.8 Å². The monoisotopic (exact) mass is 373 g/mol. The summed E-state index contributed by atoms with van der Waals surface area (Å²) in [4.78, 5) is 24.3. The zero-order valence-electron chi connectivity index (χ0n) is 14.3. The molecule has 0 saturated heterocycles. The maximum atomic E-state index is 12.1. The first-order valence-corrected chi connectivity index (χ1v) is 8.28. The lowest BCUT2D eigenvalue weighted by Crippen LogP contribution is -2.26. The topological polar surface area (TPSA) is 79.5 Å². The van der Waals surface area contributed by atoms with Crippen molar-refractivity contribution in [2.24, 2.45) is 0 Å². The molecule has 2 aromatic rings. The van der Waals surface area contributed by atoms with Crippen molar-refractivity contribution < 1.29 is 14.3 Å². The van der Waals surface area contributed by atoms with E-state index in [1.54, 1.807) is 48.5 Å². The molecule has 2 rings (SSSR count). The van der Waals surface area contributed by atoms with Crippen LogP contribution in [0.1, 0.15) is 10.4 Å². The first kappa shape index (κ1) is 19.3. The molecule has 0 unspecified atom stereocenters. The molecule has 0 atom stereocenters. The van der Waals surface area contributed by atoms with Crippen molar-refractivity contribution in [2.45, 2.75) is 0 Å². The summed E-state index contributed by atoms with van der Waals surface area (Å²) < 4.78 is 5.07. The predicted molar refractivity (Wildman–Crippen MR) is 104 cm³/mol. The van der Waals surface area contributed by atoms with E-state index in [2.05, 4.69) is 22.5 Å². The highest BCUT2D eigenvalue weighted by Crippen LogP contribution is 2.27. The summed E-state index contributed by atoms with van der Waals surface area (Å²) in [5.74, 6) is 0.0186. The van der Waals surface area contributed by atoms with E-state index in [-0.39, 0.29) is 18.4 Å². The summed E-state index contributed by atoms with van der Waals surface area (Å²) in [7, 11) is 1.52. The van der Waals surface area contributed by atoms with Crippen LogP contribution < -0.4 is 20.7 Å². The largest absolute Gasteiger partial charge is 0.495 e. The fourth-order valence-corrected chi connectivity index (χ4v) is 2.48. The molecule has 3 N–H and O–H groups in total. The van der Waals surface area contributed by atoms with Crippen LogP contribution in [0.3, 0.4) is 0 Å². The SMILES string of the molecule is C=CCNC(=O)c1ccccc1NCC(=O)Nc1ccc(OC)c(Cl)c1. The Balaban J connectivity index is 1.98. The van der Waals surface area contributed by atoms with Gasteiger partial charge in [0.1, 0.15) is 5.75 Å². The van der Waals surface area contributed by atoms with E-state index in [0.717, 1.165) is 0 Å². The molecule has 0 aliphatic heterocycles. The van der Waals surface area contributed by atoms with Gasteiger partial charge in [-0.3, -0.25) is 9.59 Å². The number of carbonyl (C=O) groups is 2. The number of anilines is 2. The van der Waals surface area contributed by atoms with Gasteiger partial charge in [-0.05, 0) is 30.3 Å². The summed E-state index contributed by atoms with van der Waals surface area (Å²) in [5, 5.41) is 8.82. The molecule has 0 heterocycles. The van der Waals surface area contributed by atoms with Crippen LogP contribution >= 0.6 is 11.6 Å². The van der Waals surface area contributed by atoms with Gasteiger partial charge in [0.15, 0.2) is 0 Å². The van der Waals surface area contributed by atoms with Gasteiger partial charge in [0.2, 0.25) is 5.91 Å². The van der Waals surface area contributed by atoms with Gasteiger partial charge in [0.25, 0.3) is 5.91 Å². The lowest BCUT2D eigenvalue weighted by atomic mass is 10.1. The minimum Gasteiger partial charge on any atom is -0.495 e. The van der Waals surface area contributed by atoms with Gasteiger partial charge in [-0.1, -0.05) is 29.8 Å². The van der Waals surface area contributed by atoms with Crippen molar-refractivity contribution in [3.8, 4) is 5.75 Å². The van der Waals surface area contributed by atoms with Gasteiger partial charge in [-0.15, -0.1) is 6.58 Å². The van der Waals surface area contributed by atoms with Crippen LogP contribution in [0.4, 0.5) is 11.4 Å². The zero-order chi connectivity index (χ0) is 18.9. The van der Waals surface area contributed by atoms with E-state index in [1.807, 2.05) is 0 Å². The molecule has 0 aliphatic rings. The first-order valence-electron chi connectivity index (χ1n) is 7.90. The minimum absolute atomic E-state index is 0.00456. The Morgan fingerprint density at radius 3 is 2.69 bits per heavy atom. The van der Waals surface area contributed by atoms with Gasteiger partial charge in [-0.2, -0.15) is 0 Å². The minimum atomic E-state index is -0.271. The summed E-state index contributed by atoms with van der Waals surface area (Å²) in [6.07, 6.45) is 1.60. The maximum absolute atomic E-state index is 12.1. The number of rotatable bonds is 8. The lowest BCUT2D eigenvalue weighted by molar-refractivity contribution is -0.114. The van der Waals surface area contributed by atoms with Crippen molar-refractivity contribution in [1.82, 2.24) is 5.32 Å². The number of carbonyl (C=O) groups excluding carboxylic acids is 2. The average Bonchev–Trinajstić information content (AvgIpc) is 2.65. The van der Waals surface area contributed by atoms with Crippen LogP contribution in [0.5, 0.6) is 5.75 Å². The summed E-state index contributed by atoms with van der Waals surface area (Å²) in [6, 6.07) is 11.9. The Labute approximate surface area is 157 Å². The Bertz CT molecular complexity index is 808. The van der Waals surface area contributed by atoms with Crippen molar-refractivity contribution in [1.29, 1.82) is 0 Å². The quantitative estimate of drug-likeness (QED) is 0.620. The van der Waals surface area contributed by atoms with Crippen LogP contribution in [-0.4, -0.2) is 32.0 Å². The molecule has 136 valence electrons. The molecule has 2 aromatic carbocycles. The number of hydrogen-bond donors (Lipinski definition) is 3. The van der Waals surface area contributed by atoms with Crippen LogP contribution in [-0.2, 0) is 4.79 Å². The molecule has 0 bridgehead atoms. The highest BCUT2D eigenvalue weighted by Gasteiger charge is 2.11. The number of benzene rings is 2. The van der Waals surface area contributed by atoms with Crippen LogP contribution in [0.15, 0.2) is 55.1 Å². The Kier molecular flexibility index (Phi) is 7.05. The highest BCUT2D eigenvalue weighted by atomic mass is 35.5. The molecule has 7 heteroatoms. The van der Waals surface area contributed by atoms with E-state index in [0.29, 0.717) is 34.3 Å². The van der Waals surface area contributed by atoms with Crippen molar-refractivity contribution >= 4 is 34.8 Å². The number of nitrogens with one attached hydrogen (secondary N) is 3. The van der Waals surface area contributed by atoms with E-state index in [4.69, 9.17) is 16.3 Å². The van der Waals surface area contributed by atoms with E-state index < -0.39 is 0 Å². The lowest BCUT2D eigenvalue weighted by Gasteiger charge is -2.12. The smallest absolute Gasteiger partial charge is 0.253 e. The highest BCUT2D eigenvalue weighted by molar-refractivity contribution is 6.32. The maximum Gasteiger partial charge on any atom is 0.253 e. The molecular formula is C19H20ClN3O3. The Hall–Kier alpha value is -2.99. The fraction of sp³-hybridized carbons (Fsp3) is 0.158. The number of hydrogen-bond acceptors (Lipinski definition) is 4. The fourth-order valence-electron chi connectivity index (χ4n) is 2.22. The van der Waals surface area contributed by atoms with Gasteiger partial charge in [-0.25, -0.2) is 0 Å². The van der Waals surface area contributed by atoms with Crippen LogP contribution in [0, 0.1) is 0 Å². The third kappa shape index (κ3) is 5.26. The zero-order valence-corrected chi connectivity index (χ0v) is 15.1. The third-order valence-corrected chi connectivity index (χ3v) is 3.75. The normalized spacial score (nSPS) is 9.92. The molecule has 0 aromatic heterocycles. The van der Waals surface area contributed by atoms with E-state index in [1.165, 1.54) is 7.11 Å². The summed E-state index contributed by atoms with van der Waals surface area (Å²) in [5.41, 5.74) is 1.58. The van der Waals surface area contributed by atoms with Gasteiger partial charge in [0.05, 0.1) is 24.2 Å². The van der Waals surface area contributed by atoms with Gasteiger partial charge in [0, 0.05) is 17.9 Å². The predicted octanol–water partition coefficient (Wildman–Crippen LogP) is 3.32. The Morgan fingerprint density at radius 2 is 2.00 bits per heavy atom. The molecule has 0 spiro atoms. The Morgan fingerprint density at radius 1 is 1.23 bits per heavy atom. The first-order chi connectivity index (χ1) is 12.5. The van der Waals surface area contributed by atoms with Crippen molar-refractivity contribution in [3.05, 3.63) is 65.7 Å². The second-order valence-corrected chi connectivity index (χ2v) is 5.70. The summed E-state index contributed by atoms with van der Waals surface area (Å²) in [6.45, 7) is 3.93. The number of amides is 2. The van der Waals surface area contributed by atoms with Crippen LogP contribution in [0.25, 0.3) is 0 Å². The van der Waals surface area contributed by atoms with Gasteiger partial charge >= 0.3 is 0 Å². The number of halogens is 1. The molecule has 0 saturated carbocycles. The molecule has 0 radical (unpaired) electrons.